The van der Waals surface area contributed by atoms with E-state index in [1.807, 2.05) is 6.07 Å². The second-order valence-corrected chi connectivity index (χ2v) is 7.19. The molecule has 5 nitrogen and oxygen atoms in total. The van der Waals surface area contributed by atoms with E-state index in [0.717, 1.165) is 16.7 Å². The van der Waals surface area contributed by atoms with Crippen LogP contribution in [0.4, 0.5) is 13.2 Å². The van der Waals surface area contributed by atoms with Gasteiger partial charge in [-0.25, -0.2) is 13.2 Å². The third kappa shape index (κ3) is 3.23. The summed E-state index contributed by atoms with van der Waals surface area (Å²) < 4.78 is 41.9. The summed E-state index contributed by atoms with van der Waals surface area (Å²) in [6.07, 6.45) is -2.71. The normalized spacial score (nSPS) is 11.2. The van der Waals surface area contributed by atoms with Gasteiger partial charge in [-0.1, -0.05) is 11.6 Å². The lowest BCUT2D eigenvalue weighted by Gasteiger charge is -2.11. The summed E-state index contributed by atoms with van der Waals surface area (Å²) in [5, 5.41) is 17.8. The van der Waals surface area contributed by atoms with E-state index in [1.165, 1.54) is 23.7 Å². The van der Waals surface area contributed by atoms with Gasteiger partial charge in [0.1, 0.15) is 11.9 Å². The molecule has 0 unspecified atom stereocenters. The SMILES string of the molecule is Cn1c(=N)n(CC(F)F)c2cc(Br)c(C(=O)c3cc(F)ccc3Cl)c(C#N)c21. The van der Waals surface area contributed by atoms with E-state index in [0.29, 0.717) is 0 Å². The lowest BCUT2D eigenvalue weighted by molar-refractivity contribution is 0.103. The highest BCUT2D eigenvalue weighted by atomic mass is 79.9. The Labute approximate surface area is 170 Å². The largest absolute Gasteiger partial charge is 0.312 e. The topological polar surface area (TPSA) is 74.6 Å². The summed E-state index contributed by atoms with van der Waals surface area (Å²) in [4.78, 5) is 13.0. The number of rotatable bonds is 4. The van der Waals surface area contributed by atoms with Gasteiger partial charge in [0.25, 0.3) is 6.43 Å². The van der Waals surface area contributed by atoms with Crippen LogP contribution in [0.5, 0.6) is 0 Å². The molecule has 1 aromatic heterocycles. The first-order valence-electron chi connectivity index (χ1n) is 7.81. The average Bonchev–Trinajstić information content (AvgIpc) is 2.86. The Balaban J connectivity index is 2.37. The number of carbonyl (C=O) groups excluding carboxylic acids is 1. The molecular weight excluding hydrogens is 461 g/mol. The lowest BCUT2D eigenvalue weighted by atomic mass is 9.97. The Kier molecular flexibility index (Phi) is 5.37. The van der Waals surface area contributed by atoms with E-state index in [2.05, 4.69) is 15.9 Å². The van der Waals surface area contributed by atoms with Crippen LogP contribution in [0.25, 0.3) is 11.0 Å². The van der Waals surface area contributed by atoms with E-state index >= 15 is 0 Å². The maximum Gasteiger partial charge on any atom is 0.256 e. The number of ketones is 1. The van der Waals surface area contributed by atoms with E-state index in [4.69, 9.17) is 17.0 Å². The van der Waals surface area contributed by atoms with E-state index < -0.39 is 24.6 Å². The summed E-state index contributed by atoms with van der Waals surface area (Å²) in [6, 6.07) is 6.57. The molecule has 0 radical (unpaired) electrons. The number of benzene rings is 2. The number of carbonyl (C=O) groups is 1. The summed E-state index contributed by atoms with van der Waals surface area (Å²) in [5.74, 6) is -1.38. The smallest absolute Gasteiger partial charge is 0.256 e. The molecule has 0 atom stereocenters. The van der Waals surface area contributed by atoms with Crippen molar-refractivity contribution in [1.82, 2.24) is 9.13 Å². The van der Waals surface area contributed by atoms with Gasteiger partial charge in [0.05, 0.1) is 33.7 Å². The van der Waals surface area contributed by atoms with Crippen molar-refractivity contribution in [2.24, 2.45) is 7.05 Å². The first-order chi connectivity index (χ1) is 13.2. The van der Waals surface area contributed by atoms with Gasteiger partial charge in [-0.2, -0.15) is 5.26 Å². The van der Waals surface area contributed by atoms with Crippen molar-refractivity contribution in [1.29, 1.82) is 10.7 Å². The van der Waals surface area contributed by atoms with Gasteiger partial charge in [0.15, 0.2) is 5.78 Å². The fourth-order valence-electron chi connectivity index (χ4n) is 3.03. The molecule has 0 bridgehead atoms. The van der Waals surface area contributed by atoms with Crippen LogP contribution in [0.15, 0.2) is 28.7 Å². The quantitative estimate of drug-likeness (QED) is 0.574. The molecule has 0 saturated carbocycles. The van der Waals surface area contributed by atoms with Crippen molar-refractivity contribution in [3.05, 3.63) is 61.9 Å². The highest BCUT2D eigenvalue weighted by Gasteiger charge is 2.26. The minimum atomic E-state index is -2.71. The van der Waals surface area contributed by atoms with Crippen molar-refractivity contribution in [3.8, 4) is 6.07 Å². The Hall–Kier alpha value is -2.57. The van der Waals surface area contributed by atoms with Crippen molar-refractivity contribution in [3.63, 3.8) is 0 Å². The van der Waals surface area contributed by atoms with Gasteiger partial charge in [0, 0.05) is 17.1 Å². The number of hydrogen-bond donors (Lipinski definition) is 1. The number of nitriles is 1. The number of nitrogens with one attached hydrogen (secondary N) is 1. The first-order valence-corrected chi connectivity index (χ1v) is 8.98. The predicted octanol–water partition coefficient (Wildman–Crippen LogP) is 4.38. The fraction of sp³-hybridized carbons (Fsp3) is 0.167. The number of nitrogens with zero attached hydrogens (tertiary/aromatic N) is 3. The van der Waals surface area contributed by atoms with Gasteiger partial charge < -0.3 is 9.13 Å². The van der Waals surface area contributed by atoms with Crippen molar-refractivity contribution in [2.75, 3.05) is 0 Å². The van der Waals surface area contributed by atoms with Crippen molar-refractivity contribution in [2.45, 2.75) is 13.0 Å². The van der Waals surface area contributed by atoms with E-state index in [-0.39, 0.29) is 42.8 Å². The zero-order valence-corrected chi connectivity index (χ0v) is 16.6. The molecule has 0 saturated heterocycles. The molecule has 0 amide bonds. The van der Waals surface area contributed by atoms with Crippen LogP contribution >= 0.6 is 27.5 Å². The molecule has 1 N–H and O–H groups in total. The summed E-state index contributed by atoms with van der Waals surface area (Å²) in [5.41, 5.74) is -0.276. The minimum absolute atomic E-state index is 0.00288. The number of imidazole rings is 1. The molecule has 3 rings (SSSR count). The lowest BCUT2D eigenvalue weighted by Crippen LogP contribution is -2.25. The highest BCUT2D eigenvalue weighted by Crippen LogP contribution is 2.32. The van der Waals surface area contributed by atoms with Crippen LogP contribution in [-0.2, 0) is 13.6 Å². The molecule has 0 aliphatic carbocycles. The van der Waals surface area contributed by atoms with Crippen molar-refractivity contribution >= 4 is 44.3 Å². The number of alkyl halides is 2. The summed E-state index contributed by atoms with van der Waals surface area (Å²) in [6.45, 7) is -0.740. The third-order valence-electron chi connectivity index (χ3n) is 4.26. The average molecular weight is 472 g/mol. The molecule has 0 fully saturated rings. The maximum atomic E-state index is 13.6. The Morgan fingerprint density at radius 2 is 2.07 bits per heavy atom. The Morgan fingerprint density at radius 3 is 2.68 bits per heavy atom. The van der Waals surface area contributed by atoms with Gasteiger partial charge in [0.2, 0.25) is 5.62 Å². The molecule has 0 spiro atoms. The predicted molar refractivity (Wildman–Crippen MR) is 100 cm³/mol. The monoisotopic (exact) mass is 470 g/mol. The highest BCUT2D eigenvalue weighted by molar-refractivity contribution is 9.10. The Morgan fingerprint density at radius 1 is 1.39 bits per heavy atom. The minimum Gasteiger partial charge on any atom is -0.312 e. The molecule has 10 heteroatoms. The van der Waals surface area contributed by atoms with Crippen LogP contribution in [0, 0.1) is 22.6 Å². The second-order valence-electron chi connectivity index (χ2n) is 5.93. The zero-order chi connectivity index (χ0) is 20.7. The van der Waals surface area contributed by atoms with E-state index in [9.17, 15) is 23.2 Å². The molecule has 2 aromatic carbocycles. The van der Waals surface area contributed by atoms with Gasteiger partial charge in [-0.05, 0) is 40.2 Å². The number of aryl methyl sites for hydroxylation is 1. The maximum absolute atomic E-state index is 13.6. The number of halogens is 5. The standard InChI is InChI=1S/C18H11BrClF3N4O/c1-26-16-10(6-24)15(17(28)9-4-8(21)2-3-12(9)20)11(19)5-13(16)27(18(26)25)7-14(22)23/h2-5,14,25H,7H2,1H3. The third-order valence-corrected chi connectivity index (χ3v) is 5.22. The Bertz CT molecular complexity index is 1230. The molecule has 1 heterocycles. The van der Waals surface area contributed by atoms with Gasteiger partial charge >= 0.3 is 0 Å². The van der Waals surface area contributed by atoms with Crippen LogP contribution < -0.4 is 5.62 Å². The number of aromatic nitrogens is 2. The number of fused-ring (bicyclic) bond motifs is 1. The fourth-order valence-corrected chi connectivity index (χ4v) is 3.83. The molecule has 0 aliphatic rings. The zero-order valence-electron chi connectivity index (χ0n) is 14.2. The van der Waals surface area contributed by atoms with Crippen molar-refractivity contribution < 1.29 is 18.0 Å². The van der Waals surface area contributed by atoms with Gasteiger partial charge in [-0.15, -0.1) is 0 Å². The number of hydrogen-bond acceptors (Lipinski definition) is 3. The molecular formula is C18H11BrClF3N4O. The van der Waals surface area contributed by atoms with Crippen LogP contribution in [-0.4, -0.2) is 21.3 Å². The van der Waals surface area contributed by atoms with Crippen LogP contribution in [0.3, 0.4) is 0 Å². The first kappa shape index (κ1) is 20.2. The van der Waals surface area contributed by atoms with E-state index in [1.54, 1.807) is 0 Å². The van der Waals surface area contributed by atoms with Gasteiger partial charge in [-0.3, -0.25) is 10.2 Å². The molecule has 3 aromatic rings. The molecule has 144 valence electrons. The molecule has 0 aliphatic heterocycles. The molecule has 28 heavy (non-hydrogen) atoms. The summed E-state index contributed by atoms with van der Waals surface area (Å²) in [7, 11) is 1.44. The summed E-state index contributed by atoms with van der Waals surface area (Å²) >= 11 is 9.22. The second kappa shape index (κ2) is 7.45. The van der Waals surface area contributed by atoms with Crippen LogP contribution in [0.1, 0.15) is 21.5 Å². The van der Waals surface area contributed by atoms with Crippen LogP contribution in [0.2, 0.25) is 5.02 Å².